The first-order valence-electron chi connectivity index (χ1n) is 5.58. The largest absolute Gasteiger partial charge is 0.480 e. The maximum Gasteiger partial charge on any atom is 0.323 e. The summed E-state index contributed by atoms with van der Waals surface area (Å²) in [6.07, 6.45) is 1.42. The predicted molar refractivity (Wildman–Crippen MR) is 66.1 cm³/mol. The molecule has 0 saturated heterocycles. The third kappa shape index (κ3) is 5.88. The van der Waals surface area contributed by atoms with Crippen LogP contribution in [0.15, 0.2) is 12.7 Å². The molecule has 0 aliphatic heterocycles. The van der Waals surface area contributed by atoms with Crippen LogP contribution in [0.4, 0.5) is 4.79 Å². The first-order chi connectivity index (χ1) is 8.42. The summed E-state index contributed by atoms with van der Waals surface area (Å²) >= 11 is 0. The highest BCUT2D eigenvalue weighted by atomic mass is 16.4. The van der Waals surface area contributed by atoms with Crippen molar-refractivity contribution in [3.63, 3.8) is 0 Å². The fraction of sp³-hybridized carbons (Fsp3) is 0.545. The summed E-state index contributed by atoms with van der Waals surface area (Å²) in [6.45, 7) is 6.84. The molecule has 3 N–H and O–H groups in total. The van der Waals surface area contributed by atoms with Crippen molar-refractivity contribution in [3.8, 4) is 0 Å². The van der Waals surface area contributed by atoms with Gasteiger partial charge >= 0.3 is 12.0 Å². The van der Waals surface area contributed by atoms with Gasteiger partial charge in [0.05, 0.1) is 0 Å². The normalized spacial score (nSPS) is 11.2. The maximum absolute atomic E-state index is 11.7. The number of carboxylic acid groups (broad SMARTS) is 1. The van der Waals surface area contributed by atoms with Gasteiger partial charge in [0, 0.05) is 13.1 Å². The number of rotatable bonds is 7. The summed E-state index contributed by atoms with van der Waals surface area (Å²) in [6, 6.07) is -1.34. The number of nitrogens with one attached hydrogen (secondary N) is 2. The van der Waals surface area contributed by atoms with E-state index in [1.165, 1.54) is 13.0 Å². The van der Waals surface area contributed by atoms with Crippen molar-refractivity contribution in [1.29, 1.82) is 0 Å². The fourth-order valence-corrected chi connectivity index (χ4v) is 1.21. The monoisotopic (exact) mass is 257 g/mol. The molecule has 0 aliphatic carbocycles. The molecule has 0 radical (unpaired) electrons. The Bertz CT molecular complexity index is 330. The van der Waals surface area contributed by atoms with Crippen molar-refractivity contribution in [1.82, 2.24) is 15.5 Å². The van der Waals surface area contributed by atoms with E-state index in [-0.39, 0.29) is 12.5 Å². The second kappa shape index (κ2) is 8.10. The standard InChI is InChI=1S/C11H19N3O4/c1-4-6-14(7-9(15)16)11(18)13-8(3)10(17)12-5-2/h4,8H,1,5-7H2,2-3H3,(H,12,17)(H,13,18)(H,15,16). The van der Waals surface area contributed by atoms with E-state index in [0.29, 0.717) is 6.54 Å². The number of hydrogen-bond donors (Lipinski definition) is 3. The van der Waals surface area contributed by atoms with Crippen LogP contribution < -0.4 is 10.6 Å². The SMILES string of the molecule is C=CCN(CC(=O)O)C(=O)NC(C)C(=O)NCC. The van der Waals surface area contributed by atoms with Gasteiger partial charge in [-0.25, -0.2) is 4.79 Å². The lowest BCUT2D eigenvalue weighted by Gasteiger charge is -2.22. The lowest BCUT2D eigenvalue weighted by atomic mass is 10.3. The van der Waals surface area contributed by atoms with Crippen molar-refractivity contribution in [2.75, 3.05) is 19.6 Å². The van der Waals surface area contributed by atoms with Crippen LogP contribution in [0.5, 0.6) is 0 Å². The molecule has 0 saturated carbocycles. The molecule has 18 heavy (non-hydrogen) atoms. The quantitative estimate of drug-likeness (QED) is 0.550. The van der Waals surface area contributed by atoms with Crippen LogP contribution in [-0.2, 0) is 9.59 Å². The molecule has 0 heterocycles. The third-order valence-electron chi connectivity index (χ3n) is 2.05. The minimum atomic E-state index is -1.13. The van der Waals surface area contributed by atoms with E-state index in [0.717, 1.165) is 4.90 Å². The zero-order valence-corrected chi connectivity index (χ0v) is 10.6. The van der Waals surface area contributed by atoms with Gasteiger partial charge in [-0.1, -0.05) is 6.08 Å². The molecule has 1 unspecified atom stereocenters. The van der Waals surface area contributed by atoms with Gasteiger partial charge in [0.2, 0.25) is 5.91 Å². The third-order valence-corrected chi connectivity index (χ3v) is 2.05. The molecule has 0 aromatic rings. The highest BCUT2D eigenvalue weighted by Crippen LogP contribution is 1.93. The Labute approximate surface area is 106 Å². The van der Waals surface area contributed by atoms with Gasteiger partial charge in [-0.3, -0.25) is 9.59 Å². The summed E-state index contributed by atoms with van der Waals surface area (Å²) < 4.78 is 0. The second-order valence-electron chi connectivity index (χ2n) is 3.63. The minimum absolute atomic E-state index is 0.0975. The first-order valence-corrected chi connectivity index (χ1v) is 5.58. The van der Waals surface area contributed by atoms with Gasteiger partial charge in [-0.15, -0.1) is 6.58 Å². The second-order valence-corrected chi connectivity index (χ2v) is 3.63. The molecule has 7 heteroatoms. The smallest absolute Gasteiger partial charge is 0.323 e. The van der Waals surface area contributed by atoms with Crippen LogP contribution in [0.3, 0.4) is 0 Å². The van der Waals surface area contributed by atoms with Crippen LogP contribution in [0.2, 0.25) is 0 Å². The summed E-state index contributed by atoms with van der Waals surface area (Å²) in [5, 5.41) is 13.6. The van der Waals surface area contributed by atoms with Crippen molar-refractivity contribution in [3.05, 3.63) is 12.7 Å². The lowest BCUT2D eigenvalue weighted by Crippen LogP contribution is -2.50. The summed E-state index contributed by atoms with van der Waals surface area (Å²) in [5.41, 5.74) is 0. The number of likely N-dealkylation sites (N-methyl/N-ethyl adjacent to an activating group) is 1. The van der Waals surface area contributed by atoms with E-state index >= 15 is 0 Å². The fourth-order valence-electron chi connectivity index (χ4n) is 1.21. The topological polar surface area (TPSA) is 98.7 Å². The number of urea groups is 1. The number of nitrogens with zero attached hydrogens (tertiary/aromatic N) is 1. The number of carbonyl (C=O) groups is 3. The van der Waals surface area contributed by atoms with Gasteiger partial charge < -0.3 is 20.6 Å². The van der Waals surface area contributed by atoms with E-state index < -0.39 is 24.6 Å². The van der Waals surface area contributed by atoms with Crippen LogP contribution in [-0.4, -0.2) is 53.6 Å². The Morgan fingerprint density at radius 2 is 2.06 bits per heavy atom. The highest BCUT2D eigenvalue weighted by Gasteiger charge is 2.20. The molecule has 0 aromatic heterocycles. The van der Waals surface area contributed by atoms with Gasteiger partial charge in [0.25, 0.3) is 0 Å². The summed E-state index contributed by atoms with van der Waals surface area (Å²) in [4.78, 5) is 34.7. The van der Waals surface area contributed by atoms with Gasteiger partial charge in [-0.05, 0) is 13.8 Å². The summed E-state index contributed by atoms with van der Waals surface area (Å²) in [5.74, 6) is -1.45. The highest BCUT2D eigenvalue weighted by molar-refractivity contribution is 5.87. The number of amides is 3. The molecule has 7 nitrogen and oxygen atoms in total. The van der Waals surface area contributed by atoms with E-state index in [4.69, 9.17) is 5.11 Å². The predicted octanol–water partition coefficient (Wildman–Crippen LogP) is -0.207. The Kier molecular flexibility index (Phi) is 7.18. The molecular formula is C11H19N3O4. The van der Waals surface area contributed by atoms with Gasteiger partial charge in [0.15, 0.2) is 0 Å². The Balaban J connectivity index is 4.44. The molecule has 0 rings (SSSR count). The van der Waals surface area contributed by atoms with E-state index in [1.54, 1.807) is 6.92 Å². The van der Waals surface area contributed by atoms with E-state index in [9.17, 15) is 14.4 Å². The average Bonchev–Trinajstić information content (AvgIpc) is 2.28. The zero-order chi connectivity index (χ0) is 14.1. The minimum Gasteiger partial charge on any atom is -0.480 e. The average molecular weight is 257 g/mol. The summed E-state index contributed by atoms with van der Waals surface area (Å²) in [7, 11) is 0. The number of carboxylic acids is 1. The van der Waals surface area contributed by atoms with Crippen molar-refractivity contribution >= 4 is 17.9 Å². The Hall–Kier alpha value is -2.05. The van der Waals surface area contributed by atoms with Crippen LogP contribution >= 0.6 is 0 Å². The molecule has 0 bridgehead atoms. The van der Waals surface area contributed by atoms with Gasteiger partial charge in [-0.2, -0.15) is 0 Å². The molecule has 3 amide bonds. The number of carbonyl (C=O) groups excluding carboxylic acids is 2. The molecule has 0 aromatic carbocycles. The van der Waals surface area contributed by atoms with Crippen molar-refractivity contribution < 1.29 is 19.5 Å². The lowest BCUT2D eigenvalue weighted by molar-refractivity contribution is -0.137. The molecule has 0 aliphatic rings. The number of aliphatic carboxylic acids is 1. The zero-order valence-electron chi connectivity index (χ0n) is 10.6. The molecule has 0 spiro atoms. The van der Waals surface area contributed by atoms with Crippen molar-refractivity contribution in [2.45, 2.75) is 19.9 Å². The van der Waals surface area contributed by atoms with Crippen LogP contribution in [0.1, 0.15) is 13.8 Å². The van der Waals surface area contributed by atoms with Crippen LogP contribution in [0, 0.1) is 0 Å². The molecule has 0 fully saturated rings. The van der Waals surface area contributed by atoms with E-state index in [2.05, 4.69) is 17.2 Å². The Morgan fingerprint density at radius 3 is 2.50 bits per heavy atom. The molecule has 1 atom stereocenters. The number of hydrogen-bond acceptors (Lipinski definition) is 3. The first kappa shape index (κ1) is 16.0. The molecule has 102 valence electrons. The maximum atomic E-state index is 11.7. The van der Waals surface area contributed by atoms with E-state index in [1.807, 2.05) is 0 Å². The molecular weight excluding hydrogens is 238 g/mol. The van der Waals surface area contributed by atoms with Crippen molar-refractivity contribution in [2.24, 2.45) is 0 Å². The Morgan fingerprint density at radius 1 is 1.44 bits per heavy atom. The van der Waals surface area contributed by atoms with Crippen LogP contribution in [0.25, 0.3) is 0 Å². The van der Waals surface area contributed by atoms with Gasteiger partial charge in [0.1, 0.15) is 12.6 Å².